The standard InChI is InChI=1S/C22H23N3O3/c1-15-10-16(2)12-18(11-15)21(26)24(3)20(22(27)28)13-17-4-6-19(7-5-17)25-9-8-23-14-25/h4-12,14,20H,13H2,1-3H3,(H,27,28)/t20-/m0/s1. The van der Waals surface area contributed by atoms with Crippen LogP contribution in [0, 0.1) is 13.8 Å². The molecule has 28 heavy (non-hydrogen) atoms. The van der Waals surface area contributed by atoms with E-state index in [1.54, 1.807) is 31.7 Å². The molecule has 3 aromatic rings. The number of nitrogens with zero attached hydrogens (tertiary/aromatic N) is 3. The van der Waals surface area contributed by atoms with Crippen LogP contribution >= 0.6 is 0 Å². The van der Waals surface area contributed by atoms with Crippen molar-refractivity contribution in [2.24, 2.45) is 0 Å². The molecule has 0 saturated carbocycles. The number of likely N-dealkylation sites (N-methyl/N-ethyl adjacent to an activating group) is 1. The number of amides is 1. The van der Waals surface area contributed by atoms with Crippen LogP contribution in [0.15, 0.2) is 61.2 Å². The second-order valence-electron chi connectivity index (χ2n) is 6.99. The lowest BCUT2D eigenvalue weighted by molar-refractivity contribution is -0.141. The summed E-state index contributed by atoms with van der Waals surface area (Å²) < 4.78 is 1.87. The topological polar surface area (TPSA) is 75.4 Å². The smallest absolute Gasteiger partial charge is 0.326 e. The van der Waals surface area contributed by atoms with Crippen molar-refractivity contribution >= 4 is 11.9 Å². The molecule has 0 aliphatic carbocycles. The molecule has 0 aliphatic heterocycles. The number of benzene rings is 2. The predicted octanol–water partition coefficient (Wildman–Crippen LogP) is 3.26. The number of carboxylic acid groups (broad SMARTS) is 1. The molecule has 2 aromatic carbocycles. The van der Waals surface area contributed by atoms with Gasteiger partial charge in [-0.25, -0.2) is 9.78 Å². The molecule has 6 nitrogen and oxygen atoms in total. The third-order valence-electron chi connectivity index (χ3n) is 4.71. The lowest BCUT2D eigenvalue weighted by Gasteiger charge is -2.25. The van der Waals surface area contributed by atoms with E-state index in [9.17, 15) is 14.7 Å². The second-order valence-corrected chi connectivity index (χ2v) is 6.99. The van der Waals surface area contributed by atoms with E-state index in [-0.39, 0.29) is 12.3 Å². The van der Waals surface area contributed by atoms with Crippen LogP contribution in [-0.2, 0) is 11.2 Å². The number of imidazole rings is 1. The first-order valence-corrected chi connectivity index (χ1v) is 9.00. The summed E-state index contributed by atoms with van der Waals surface area (Å²) in [6, 6.07) is 12.2. The van der Waals surface area contributed by atoms with Crippen molar-refractivity contribution in [2.45, 2.75) is 26.3 Å². The monoisotopic (exact) mass is 377 g/mol. The Morgan fingerprint density at radius 3 is 2.29 bits per heavy atom. The molecule has 1 heterocycles. The molecule has 1 amide bonds. The number of aryl methyl sites for hydroxylation is 2. The van der Waals surface area contributed by atoms with Crippen LogP contribution in [0.5, 0.6) is 0 Å². The first-order valence-electron chi connectivity index (χ1n) is 9.00. The molecule has 0 unspecified atom stereocenters. The van der Waals surface area contributed by atoms with Crippen LogP contribution in [-0.4, -0.2) is 44.5 Å². The van der Waals surface area contributed by atoms with Gasteiger partial charge in [-0.15, -0.1) is 0 Å². The summed E-state index contributed by atoms with van der Waals surface area (Å²) >= 11 is 0. The number of aliphatic carboxylic acids is 1. The summed E-state index contributed by atoms with van der Waals surface area (Å²) in [6.45, 7) is 3.83. The molecule has 3 rings (SSSR count). The first-order chi connectivity index (χ1) is 13.3. The highest BCUT2D eigenvalue weighted by Crippen LogP contribution is 2.16. The number of hydrogen-bond acceptors (Lipinski definition) is 3. The summed E-state index contributed by atoms with van der Waals surface area (Å²) in [5.74, 6) is -1.33. The van der Waals surface area contributed by atoms with Crippen molar-refractivity contribution in [3.8, 4) is 5.69 Å². The normalized spacial score (nSPS) is 11.8. The number of carboxylic acids is 1. The van der Waals surface area contributed by atoms with Gasteiger partial charge in [0.2, 0.25) is 0 Å². The molecule has 1 atom stereocenters. The number of rotatable bonds is 6. The Labute approximate surface area is 164 Å². The minimum Gasteiger partial charge on any atom is -0.480 e. The van der Waals surface area contributed by atoms with E-state index in [1.165, 1.54) is 4.90 Å². The maximum atomic E-state index is 12.8. The van der Waals surface area contributed by atoms with Crippen molar-refractivity contribution in [2.75, 3.05) is 7.05 Å². The maximum absolute atomic E-state index is 12.8. The molecular formula is C22H23N3O3. The fourth-order valence-electron chi connectivity index (χ4n) is 3.27. The van der Waals surface area contributed by atoms with Gasteiger partial charge in [0.15, 0.2) is 0 Å². The first kappa shape index (κ1) is 19.4. The van der Waals surface area contributed by atoms with Gasteiger partial charge < -0.3 is 14.6 Å². The van der Waals surface area contributed by atoms with Crippen molar-refractivity contribution < 1.29 is 14.7 Å². The van der Waals surface area contributed by atoms with Gasteiger partial charge in [0.25, 0.3) is 5.91 Å². The molecule has 0 aliphatic rings. The summed E-state index contributed by atoms with van der Waals surface area (Å²) in [6.07, 6.45) is 5.46. The summed E-state index contributed by atoms with van der Waals surface area (Å²) in [5, 5.41) is 9.71. The Morgan fingerprint density at radius 1 is 1.11 bits per heavy atom. The van der Waals surface area contributed by atoms with Crippen LogP contribution < -0.4 is 0 Å². The van der Waals surface area contributed by atoms with Crippen LogP contribution in [0.3, 0.4) is 0 Å². The Bertz CT molecular complexity index is 959. The van der Waals surface area contributed by atoms with E-state index < -0.39 is 12.0 Å². The van der Waals surface area contributed by atoms with Crippen LogP contribution in [0.25, 0.3) is 5.69 Å². The zero-order valence-corrected chi connectivity index (χ0v) is 16.2. The molecule has 1 N–H and O–H groups in total. The molecule has 0 saturated heterocycles. The average Bonchev–Trinajstić information content (AvgIpc) is 3.19. The minimum atomic E-state index is -1.03. The zero-order valence-electron chi connectivity index (χ0n) is 16.2. The van der Waals surface area contributed by atoms with Crippen molar-refractivity contribution in [1.29, 1.82) is 0 Å². The van der Waals surface area contributed by atoms with E-state index in [0.717, 1.165) is 22.4 Å². The van der Waals surface area contributed by atoms with Gasteiger partial charge in [0, 0.05) is 37.1 Å². The van der Waals surface area contributed by atoms with E-state index in [0.29, 0.717) is 5.56 Å². The minimum absolute atomic E-state index is 0.229. The highest BCUT2D eigenvalue weighted by molar-refractivity contribution is 5.96. The molecule has 144 valence electrons. The van der Waals surface area contributed by atoms with E-state index >= 15 is 0 Å². The van der Waals surface area contributed by atoms with E-state index in [2.05, 4.69) is 4.98 Å². The molecule has 6 heteroatoms. The largest absolute Gasteiger partial charge is 0.480 e. The SMILES string of the molecule is Cc1cc(C)cc(C(=O)N(C)[C@@H](Cc2ccc(-n3ccnc3)cc2)C(=O)O)c1. The van der Waals surface area contributed by atoms with Gasteiger partial charge in [-0.05, 0) is 43.7 Å². The van der Waals surface area contributed by atoms with Gasteiger partial charge in [0.1, 0.15) is 6.04 Å². The number of carbonyl (C=O) groups excluding carboxylic acids is 1. The third-order valence-corrected chi connectivity index (χ3v) is 4.71. The molecule has 0 radical (unpaired) electrons. The average molecular weight is 377 g/mol. The molecule has 0 bridgehead atoms. The Morgan fingerprint density at radius 2 is 1.75 bits per heavy atom. The fraction of sp³-hybridized carbons (Fsp3) is 0.227. The lowest BCUT2D eigenvalue weighted by Crippen LogP contribution is -2.43. The van der Waals surface area contributed by atoms with Gasteiger partial charge in [-0.1, -0.05) is 29.3 Å². The highest BCUT2D eigenvalue weighted by Gasteiger charge is 2.27. The van der Waals surface area contributed by atoms with Crippen LogP contribution in [0.1, 0.15) is 27.0 Å². The third kappa shape index (κ3) is 4.28. The Balaban J connectivity index is 1.79. The quantitative estimate of drug-likeness (QED) is 0.715. The summed E-state index contributed by atoms with van der Waals surface area (Å²) in [4.78, 5) is 30.0. The van der Waals surface area contributed by atoms with Crippen molar-refractivity contribution in [3.05, 3.63) is 83.4 Å². The number of hydrogen-bond donors (Lipinski definition) is 1. The molecule has 0 spiro atoms. The van der Waals surface area contributed by atoms with Gasteiger partial charge in [-0.3, -0.25) is 4.79 Å². The van der Waals surface area contributed by atoms with Crippen LogP contribution in [0.2, 0.25) is 0 Å². The fourth-order valence-corrected chi connectivity index (χ4v) is 3.27. The highest BCUT2D eigenvalue weighted by atomic mass is 16.4. The van der Waals surface area contributed by atoms with Gasteiger partial charge in [-0.2, -0.15) is 0 Å². The molecule has 1 aromatic heterocycles. The second kappa shape index (κ2) is 8.08. The van der Waals surface area contributed by atoms with Crippen LogP contribution in [0.4, 0.5) is 0 Å². The number of carbonyl (C=O) groups is 2. The molecular weight excluding hydrogens is 354 g/mol. The van der Waals surface area contributed by atoms with Crippen molar-refractivity contribution in [1.82, 2.24) is 14.5 Å². The van der Waals surface area contributed by atoms with E-state index in [4.69, 9.17) is 0 Å². The maximum Gasteiger partial charge on any atom is 0.326 e. The predicted molar refractivity (Wildman–Crippen MR) is 107 cm³/mol. The Hall–Kier alpha value is -3.41. The van der Waals surface area contributed by atoms with Crippen molar-refractivity contribution in [3.63, 3.8) is 0 Å². The Kier molecular flexibility index (Phi) is 5.59. The van der Waals surface area contributed by atoms with Gasteiger partial charge in [0.05, 0.1) is 6.33 Å². The zero-order chi connectivity index (χ0) is 20.3. The summed E-state index contributed by atoms with van der Waals surface area (Å²) in [7, 11) is 1.54. The van der Waals surface area contributed by atoms with Gasteiger partial charge >= 0.3 is 5.97 Å². The number of aromatic nitrogens is 2. The lowest BCUT2D eigenvalue weighted by atomic mass is 10.0. The van der Waals surface area contributed by atoms with E-state index in [1.807, 2.05) is 54.9 Å². The molecule has 0 fully saturated rings. The summed E-state index contributed by atoms with van der Waals surface area (Å²) in [5.41, 5.74) is 4.23.